The zero-order valence-electron chi connectivity index (χ0n) is 9.91. The Morgan fingerprint density at radius 1 is 1.53 bits per heavy atom. The maximum absolute atomic E-state index is 11.8. The molecule has 0 saturated heterocycles. The van der Waals surface area contributed by atoms with Crippen LogP contribution in [-0.2, 0) is 6.54 Å². The van der Waals surface area contributed by atoms with Gasteiger partial charge in [0.1, 0.15) is 0 Å². The number of nitrogens with one attached hydrogen (secondary N) is 2. The highest BCUT2D eigenvalue weighted by molar-refractivity contribution is 5.51. The molecular weight excluding hydrogens is 218 g/mol. The van der Waals surface area contributed by atoms with E-state index in [2.05, 4.69) is 15.3 Å². The van der Waals surface area contributed by atoms with Crippen molar-refractivity contribution >= 4 is 0 Å². The molecule has 0 aliphatic carbocycles. The third-order valence-electron chi connectivity index (χ3n) is 2.52. The normalized spacial score (nSPS) is 10.7. The minimum Gasteiger partial charge on any atom is -0.461 e. The van der Waals surface area contributed by atoms with Crippen LogP contribution in [0.5, 0.6) is 0 Å². The third kappa shape index (κ3) is 2.45. The van der Waals surface area contributed by atoms with Crippen molar-refractivity contribution in [3.05, 3.63) is 40.0 Å². The Morgan fingerprint density at radius 3 is 2.94 bits per heavy atom. The van der Waals surface area contributed by atoms with Gasteiger partial charge in [-0.15, -0.1) is 0 Å². The molecule has 0 aromatic carbocycles. The first-order chi connectivity index (χ1) is 8.22. The van der Waals surface area contributed by atoms with Crippen molar-refractivity contribution in [3.63, 3.8) is 0 Å². The maximum atomic E-state index is 11.8. The van der Waals surface area contributed by atoms with Crippen molar-refractivity contribution in [2.24, 2.45) is 0 Å². The Bertz CT molecular complexity index is 557. The summed E-state index contributed by atoms with van der Waals surface area (Å²) < 4.78 is 5.28. The fourth-order valence-electron chi connectivity index (χ4n) is 1.54. The molecule has 0 fully saturated rings. The highest BCUT2D eigenvalue weighted by Gasteiger charge is 2.09. The monoisotopic (exact) mass is 233 g/mol. The number of furan rings is 1. The Hall–Kier alpha value is -1.88. The molecule has 0 atom stereocenters. The van der Waals surface area contributed by atoms with E-state index in [1.807, 2.05) is 19.9 Å². The van der Waals surface area contributed by atoms with Crippen LogP contribution in [0.4, 0.5) is 0 Å². The zero-order valence-corrected chi connectivity index (χ0v) is 9.91. The average Bonchev–Trinajstić information content (AvgIpc) is 2.74. The minimum atomic E-state index is -0.133. The standard InChI is InChI=1S/C12H15N3O2/c1-3-13-6-9-7-14-11(15-12(9)16)10-8(2)4-5-17-10/h4-5,7,13H,3,6H2,1-2H3,(H,14,15,16). The smallest absolute Gasteiger partial charge is 0.255 e. The molecule has 0 spiro atoms. The molecule has 5 heteroatoms. The second-order valence-electron chi connectivity index (χ2n) is 3.80. The summed E-state index contributed by atoms with van der Waals surface area (Å²) in [7, 11) is 0. The SMILES string of the molecule is CCNCc1cnc(-c2occc2C)[nH]c1=O. The summed E-state index contributed by atoms with van der Waals surface area (Å²) >= 11 is 0. The molecule has 2 rings (SSSR count). The van der Waals surface area contributed by atoms with Crippen molar-refractivity contribution in [1.82, 2.24) is 15.3 Å². The topological polar surface area (TPSA) is 70.9 Å². The predicted octanol–water partition coefficient (Wildman–Crippen LogP) is 1.45. The van der Waals surface area contributed by atoms with Crippen LogP contribution in [0.25, 0.3) is 11.6 Å². The molecule has 0 unspecified atom stereocenters. The number of aromatic nitrogens is 2. The van der Waals surface area contributed by atoms with Gasteiger partial charge in [-0.2, -0.15) is 0 Å². The number of aromatic amines is 1. The van der Waals surface area contributed by atoms with Crippen LogP contribution in [-0.4, -0.2) is 16.5 Å². The van der Waals surface area contributed by atoms with Gasteiger partial charge in [-0.05, 0) is 25.1 Å². The maximum Gasteiger partial charge on any atom is 0.255 e. The lowest BCUT2D eigenvalue weighted by molar-refractivity contribution is 0.575. The van der Waals surface area contributed by atoms with Gasteiger partial charge >= 0.3 is 0 Å². The van der Waals surface area contributed by atoms with Gasteiger partial charge in [0, 0.05) is 18.3 Å². The van der Waals surface area contributed by atoms with E-state index >= 15 is 0 Å². The molecule has 5 nitrogen and oxygen atoms in total. The molecule has 90 valence electrons. The van der Waals surface area contributed by atoms with Crippen LogP contribution in [0, 0.1) is 6.92 Å². The largest absolute Gasteiger partial charge is 0.461 e. The highest BCUT2D eigenvalue weighted by atomic mass is 16.3. The number of nitrogens with zero attached hydrogens (tertiary/aromatic N) is 1. The van der Waals surface area contributed by atoms with E-state index in [1.54, 1.807) is 12.5 Å². The molecule has 0 aliphatic rings. The van der Waals surface area contributed by atoms with Crippen LogP contribution in [0.1, 0.15) is 18.1 Å². The van der Waals surface area contributed by atoms with E-state index < -0.39 is 0 Å². The van der Waals surface area contributed by atoms with E-state index in [-0.39, 0.29) is 5.56 Å². The van der Waals surface area contributed by atoms with E-state index in [0.29, 0.717) is 23.7 Å². The van der Waals surface area contributed by atoms with Crippen molar-refractivity contribution in [2.75, 3.05) is 6.54 Å². The summed E-state index contributed by atoms with van der Waals surface area (Å²) in [6, 6.07) is 1.84. The van der Waals surface area contributed by atoms with Gasteiger partial charge in [-0.1, -0.05) is 6.92 Å². The fraction of sp³-hybridized carbons (Fsp3) is 0.333. The summed E-state index contributed by atoms with van der Waals surface area (Å²) in [5.41, 5.74) is 1.44. The number of hydrogen-bond acceptors (Lipinski definition) is 4. The molecule has 2 heterocycles. The van der Waals surface area contributed by atoms with Gasteiger partial charge in [-0.25, -0.2) is 4.98 Å². The molecule has 0 amide bonds. The molecule has 2 aromatic rings. The minimum absolute atomic E-state index is 0.133. The van der Waals surface area contributed by atoms with Crippen molar-refractivity contribution < 1.29 is 4.42 Å². The first kappa shape index (κ1) is 11.6. The number of rotatable bonds is 4. The van der Waals surface area contributed by atoms with Crippen LogP contribution in [0.3, 0.4) is 0 Å². The first-order valence-corrected chi connectivity index (χ1v) is 5.55. The van der Waals surface area contributed by atoms with E-state index in [4.69, 9.17) is 4.42 Å². The molecule has 0 saturated carbocycles. The zero-order chi connectivity index (χ0) is 12.3. The molecule has 0 radical (unpaired) electrons. The van der Waals surface area contributed by atoms with Crippen molar-refractivity contribution in [1.29, 1.82) is 0 Å². The predicted molar refractivity (Wildman–Crippen MR) is 64.7 cm³/mol. The summed E-state index contributed by atoms with van der Waals surface area (Å²) in [5.74, 6) is 1.08. The fourth-order valence-corrected chi connectivity index (χ4v) is 1.54. The van der Waals surface area contributed by atoms with E-state index in [1.165, 1.54) is 0 Å². The molecule has 2 aromatic heterocycles. The molecule has 17 heavy (non-hydrogen) atoms. The van der Waals surface area contributed by atoms with Gasteiger partial charge < -0.3 is 14.7 Å². The number of H-pyrrole nitrogens is 1. The lowest BCUT2D eigenvalue weighted by Gasteiger charge is -2.02. The van der Waals surface area contributed by atoms with Gasteiger partial charge in [0.15, 0.2) is 11.6 Å². The van der Waals surface area contributed by atoms with E-state index in [0.717, 1.165) is 12.1 Å². The van der Waals surface area contributed by atoms with Gasteiger partial charge in [0.2, 0.25) is 0 Å². The lowest BCUT2D eigenvalue weighted by atomic mass is 10.2. The molecular formula is C12H15N3O2. The summed E-state index contributed by atoms with van der Waals surface area (Å²) in [5, 5.41) is 3.09. The van der Waals surface area contributed by atoms with Crippen molar-refractivity contribution in [3.8, 4) is 11.6 Å². The molecule has 2 N–H and O–H groups in total. The summed E-state index contributed by atoms with van der Waals surface area (Å²) in [4.78, 5) is 18.7. The average molecular weight is 233 g/mol. The number of aryl methyl sites for hydroxylation is 1. The van der Waals surface area contributed by atoms with Crippen LogP contribution < -0.4 is 10.9 Å². The summed E-state index contributed by atoms with van der Waals surface area (Å²) in [6.07, 6.45) is 3.16. The Kier molecular flexibility index (Phi) is 3.39. The van der Waals surface area contributed by atoms with Crippen molar-refractivity contribution in [2.45, 2.75) is 20.4 Å². The highest BCUT2D eigenvalue weighted by Crippen LogP contribution is 2.18. The Labute approximate surface area is 98.9 Å². The van der Waals surface area contributed by atoms with E-state index in [9.17, 15) is 4.79 Å². The number of hydrogen-bond donors (Lipinski definition) is 2. The van der Waals surface area contributed by atoms with Crippen LogP contribution in [0.2, 0.25) is 0 Å². The molecule has 0 aliphatic heterocycles. The van der Waals surface area contributed by atoms with Crippen LogP contribution >= 0.6 is 0 Å². The lowest BCUT2D eigenvalue weighted by Crippen LogP contribution is -2.21. The summed E-state index contributed by atoms with van der Waals surface area (Å²) in [6.45, 7) is 5.24. The quantitative estimate of drug-likeness (QED) is 0.838. The second kappa shape index (κ2) is 4.97. The molecule has 0 bridgehead atoms. The third-order valence-corrected chi connectivity index (χ3v) is 2.52. The Morgan fingerprint density at radius 2 is 2.35 bits per heavy atom. The van der Waals surface area contributed by atoms with Gasteiger partial charge in [-0.3, -0.25) is 4.79 Å². The second-order valence-corrected chi connectivity index (χ2v) is 3.80. The first-order valence-electron chi connectivity index (χ1n) is 5.55. The van der Waals surface area contributed by atoms with Gasteiger partial charge in [0.25, 0.3) is 5.56 Å². The van der Waals surface area contributed by atoms with Gasteiger partial charge in [0.05, 0.1) is 6.26 Å². The Balaban J connectivity index is 2.31. The van der Waals surface area contributed by atoms with Crippen LogP contribution in [0.15, 0.2) is 27.7 Å².